The molecule has 1 aliphatic rings. The van der Waals surface area contributed by atoms with Gasteiger partial charge in [0.05, 0.1) is 6.61 Å². The first-order chi connectivity index (χ1) is 13.1. The van der Waals surface area contributed by atoms with Crippen molar-refractivity contribution >= 4 is 18.0 Å². The minimum atomic E-state index is -0.785. The van der Waals surface area contributed by atoms with Crippen LogP contribution < -0.4 is 4.74 Å². The summed E-state index contributed by atoms with van der Waals surface area (Å²) in [6, 6.07) is 8.87. The molecule has 144 valence electrons. The van der Waals surface area contributed by atoms with Crippen LogP contribution in [0.3, 0.4) is 0 Å². The van der Waals surface area contributed by atoms with E-state index >= 15 is 0 Å². The van der Waals surface area contributed by atoms with Crippen LogP contribution in [0.5, 0.6) is 5.75 Å². The molecule has 1 saturated heterocycles. The molecular weight excluding hydrogens is 344 g/mol. The molecule has 0 spiro atoms. The fraction of sp³-hybridized carbons (Fsp3) is 0.476. The van der Waals surface area contributed by atoms with E-state index < -0.39 is 5.97 Å². The second kappa shape index (κ2) is 11.0. The van der Waals surface area contributed by atoms with Crippen LogP contribution in [0.15, 0.2) is 29.8 Å². The van der Waals surface area contributed by atoms with Crippen LogP contribution in [0.25, 0.3) is 6.08 Å². The second-order valence-corrected chi connectivity index (χ2v) is 6.40. The molecule has 1 heterocycles. The fourth-order valence-electron chi connectivity index (χ4n) is 2.92. The first-order valence-corrected chi connectivity index (χ1v) is 9.43. The maximum Gasteiger partial charge on any atom is 0.349 e. The predicted molar refractivity (Wildman–Crippen MR) is 102 cm³/mol. The first-order valence-electron chi connectivity index (χ1n) is 9.43. The number of carbonyl (C=O) groups excluding carboxylic acids is 2. The predicted octanol–water partition coefficient (Wildman–Crippen LogP) is 3.33. The van der Waals surface area contributed by atoms with E-state index in [1.165, 1.54) is 12.5 Å². The van der Waals surface area contributed by atoms with Gasteiger partial charge in [0.2, 0.25) is 0 Å². The number of benzene rings is 1. The zero-order chi connectivity index (χ0) is 19.5. The first kappa shape index (κ1) is 20.5. The van der Waals surface area contributed by atoms with Crippen molar-refractivity contribution in [1.82, 2.24) is 4.90 Å². The highest BCUT2D eigenvalue weighted by Gasteiger charge is 2.18. The van der Waals surface area contributed by atoms with Gasteiger partial charge in [0.15, 0.2) is 6.61 Å². The molecule has 1 aromatic carbocycles. The van der Waals surface area contributed by atoms with Gasteiger partial charge >= 0.3 is 5.97 Å². The number of likely N-dealkylation sites (tertiary alicyclic amines) is 1. The zero-order valence-electron chi connectivity index (χ0n) is 15.8. The topological polar surface area (TPSA) is 79.6 Å². The summed E-state index contributed by atoms with van der Waals surface area (Å²) in [5.41, 5.74) is 0.543. The van der Waals surface area contributed by atoms with Crippen molar-refractivity contribution < 1.29 is 19.1 Å². The zero-order valence-corrected chi connectivity index (χ0v) is 15.8. The van der Waals surface area contributed by atoms with Crippen molar-refractivity contribution in [2.45, 2.75) is 39.0 Å². The number of hydrogen-bond donors (Lipinski definition) is 0. The molecule has 6 heteroatoms. The molecule has 1 fully saturated rings. The molecule has 0 bridgehead atoms. The van der Waals surface area contributed by atoms with Gasteiger partial charge < -0.3 is 14.4 Å². The Bertz CT molecular complexity index is 696. The van der Waals surface area contributed by atoms with Gasteiger partial charge in [0.1, 0.15) is 17.4 Å². The normalized spacial score (nSPS) is 15.3. The number of nitriles is 1. The molecule has 2 rings (SSSR count). The Balaban J connectivity index is 1.91. The van der Waals surface area contributed by atoms with E-state index in [0.29, 0.717) is 25.3 Å². The number of carbonyl (C=O) groups is 2. The van der Waals surface area contributed by atoms with Crippen LogP contribution >= 0.6 is 0 Å². The van der Waals surface area contributed by atoms with Crippen LogP contribution in [0, 0.1) is 11.3 Å². The van der Waals surface area contributed by atoms with Gasteiger partial charge in [-0.3, -0.25) is 4.79 Å². The molecule has 1 aromatic rings. The number of ether oxygens (including phenoxy) is 2. The molecule has 0 aliphatic carbocycles. The highest BCUT2D eigenvalue weighted by molar-refractivity contribution is 5.98. The van der Waals surface area contributed by atoms with E-state index in [2.05, 4.69) is 0 Å². The highest BCUT2D eigenvalue weighted by atomic mass is 16.5. The third-order valence-electron chi connectivity index (χ3n) is 4.38. The van der Waals surface area contributed by atoms with Gasteiger partial charge in [-0.05, 0) is 43.5 Å². The van der Waals surface area contributed by atoms with Gasteiger partial charge in [-0.25, -0.2) is 4.79 Å². The lowest BCUT2D eigenvalue weighted by atomic mass is 10.1. The van der Waals surface area contributed by atoms with Gasteiger partial charge in [-0.1, -0.05) is 31.4 Å². The Morgan fingerprint density at radius 1 is 1.11 bits per heavy atom. The summed E-state index contributed by atoms with van der Waals surface area (Å²) in [7, 11) is 0. The fourth-order valence-corrected chi connectivity index (χ4v) is 2.92. The lowest BCUT2D eigenvalue weighted by Gasteiger charge is -2.24. The van der Waals surface area contributed by atoms with Crippen molar-refractivity contribution in [3.63, 3.8) is 0 Å². The lowest BCUT2D eigenvalue weighted by molar-refractivity contribution is -0.148. The quantitative estimate of drug-likeness (QED) is 0.436. The Morgan fingerprint density at radius 3 is 2.33 bits per heavy atom. The molecular formula is C21H26N2O4. The van der Waals surface area contributed by atoms with Crippen LogP contribution in [-0.4, -0.2) is 43.1 Å². The summed E-state index contributed by atoms with van der Waals surface area (Å²) in [6.07, 6.45) is 6.83. The Kier molecular flexibility index (Phi) is 8.37. The number of hydrogen-bond acceptors (Lipinski definition) is 5. The Morgan fingerprint density at radius 2 is 1.74 bits per heavy atom. The molecule has 0 radical (unpaired) electrons. The van der Waals surface area contributed by atoms with Crippen LogP contribution in [0.1, 0.15) is 44.6 Å². The summed E-state index contributed by atoms with van der Waals surface area (Å²) in [4.78, 5) is 26.2. The van der Waals surface area contributed by atoms with Crippen molar-refractivity contribution in [3.05, 3.63) is 35.4 Å². The molecule has 0 aromatic heterocycles. The van der Waals surface area contributed by atoms with E-state index in [-0.39, 0.29) is 18.1 Å². The van der Waals surface area contributed by atoms with Crippen LogP contribution in [0.2, 0.25) is 0 Å². The van der Waals surface area contributed by atoms with Crippen molar-refractivity contribution in [3.8, 4) is 11.8 Å². The largest absolute Gasteiger partial charge is 0.494 e. The van der Waals surface area contributed by atoms with Gasteiger partial charge in [-0.15, -0.1) is 0 Å². The Hall–Kier alpha value is -2.81. The van der Waals surface area contributed by atoms with Crippen LogP contribution in [-0.2, 0) is 14.3 Å². The van der Waals surface area contributed by atoms with Crippen molar-refractivity contribution in [1.29, 1.82) is 5.26 Å². The highest BCUT2D eigenvalue weighted by Crippen LogP contribution is 2.15. The lowest BCUT2D eigenvalue weighted by Crippen LogP contribution is -2.37. The molecule has 6 nitrogen and oxygen atoms in total. The summed E-state index contributed by atoms with van der Waals surface area (Å²) in [5.74, 6) is -0.273. The molecule has 0 unspecified atom stereocenters. The van der Waals surface area contributed by atoms with Gasteiger partial charge in [-0.2, -0.15) is 5.26 Å². The summed E-state index contributed by atoms with van der Waals surface area (Å²) in [5, 5.41) is 9.24. The molecule has 1 amide bonds. The van der Waals surface area contributed by atoms with Crippen LogP contribution in [0.4, 0.5) is 0 Å². The number of rotatable bonds is 6. The van der Waals surface area contributed by atoms with Gasteiger partial charge in [0.25, 0.3) is 5.91 Å². The van der Waals surface area contributed by atoms with E-state index in [1.54, 1.807) is 29.2 Å². The maximum atomic E-state index is 12.3. The minimum absolute atomic E-state index is 0.139. The average Bonchev–Trinajstić information content (AvgIpc) is 2.65. The maximum absolute atomic E-state index is 12.3. The second-order valence-electron chi connectivity index (χ2n) is 6.40. The van der Waals surface area contributed by atoms with Crippen molar-refractivity contribution in [2.75, 3.05) is 26.3 Å². The number of esters is 1. The standard InChI is InChI=1S/C21H26N2O4/c1-2-26-19-10-8-17(9-11-19)14-18(15-22)21(25)27-16-20(24)23-12-6-4-3-5-7-13-23/h8-11,14H,2-7,12-13,16H2,1H3/b18-14+. The monoisotopic (exact) mass is 370 g/mol. The summed E-state index contributed by atoms with van der Waals surface area (Å²) in [6.45, 7) is 3.52. The Labute approximate surface area is 160 Å². The van der Waals surface area contributed by atoms with E-state index in [1.807, 2.05) is 13.0 Å². The number of nitrogens with zero attached hydrogens (tertiary/aromatic N) is 2. The molecule has 0 saturated carbocycles. The van der Waals surface area contributed by atoms with Gasteiger partial charge in [0, 0.05) is 13.1 Å². The SMILES string of the molecule is CCOc1ccc(/C=C(\C#N)C(=O)OCC(=O)N2CCCCCCC2)cc1. The number of amides is 1. The molecule has 1 aliphatic heterocycles. The summed E-state index contributed by atoms with van der Waals surface area (Å²) >= 11 is 0. The smallest absolute Gasteiger partial charge is 0.349 e. The van der Waals surface area contributed by atoms with E-state index in [0.717, 1.165) is 31.4 Å². The average molecular weight is 370 g/mol. The molecule has 0 N–H and O–H groups in total. The van der Waals surface area contributed by atoms with E-state index in [4.69, 9.17) is 9.47 Å². The summed E-state index contributed by atoms with van der Waals surface area (Å²) < 4.78 is 10.4. The minimum Gasteiger partial charge on any atom is -0.494 e. The third-order valence-corrected chi connectivity index (χ3v) is 4.38. The molecule has 27 heavy (non-hydrogen) atoms. The van der Waals surface area contributed by atoms with Crippen molar-refractivity contribution in [2.24, 2.45) is 0 Å². The third kappa shape index (κ3) is 6.78. The molecule has 0 atom stereocenters. The van der Waals surface area contributed by atoms with E-state index in [9.17, 15) is 14.9 Å².